The maximum absolute atomic E-state index is 9.58. The first-order valence-corrected chi connectivity index (χ1v) is 7.71. The second-order valence-electron chi connectivity index (χ2n) is 7.09. The van der Waals surface area contributed by atoms with Crippen LogP contribution in [0, 0.1) is 13.8 Å². The fourth-order valence-electron chi connectivity index (χ4n) is 3.25. The van der Waals surface area contributed by atoms with Crippen LogP contribution >= 0.6 is 0 Å². The number of aliphatic hydroxyl groups is 1. The van der Waals surface area contributed by atoms with Crippen molar-refractivity contribution < 1.29 is 9.84 Å². The summed E-state index contributed by atoms with van der Waals surface area (Å²) in [7, 11) is 1.75. The van der Waals surface area contributed by atoms with E-state index in [4.69, 9.17) is 9.84 Å². The van der Waals surface area contributed by atoms with Crippen LogP contribution in [0.25, 0.3) is 0 Å². The van der Waals surface area contributed by atoms with Crippen LogP contribution in [0.3, 0.4) is 0 Å². The molecule has 1 saturated heterocycles. The van der Waals surface area contributed by atoms with Gasteiger partial charge in [-0.3, -0.25) is 9.58 Å². The predicted octanol–water partition coefficient (Wildman–Crippen LogP) is 1.84. The number of aliphatic hydroxyl groups excluding tert-OH is 1. The third kappa shape index (κ3) is 3.30. The fraction of sp³-hybridized carbons (Fsp3) is 0.812. The number of nitrogens with zero attached hydrogens (tertiary/aromatic N) is 3. The van der Waals surface area contributed by atoms with E-state index >= 15 is 0 Å². The van der Waals surface area contributed by atoms with Gasteiger partial charge in [-0.2, -0.15) is 5.10 Å². The van der Waals surface area contributed by atoms with Gasteiger partial charge in [-0.1, -0.05) is 0 Å². The number of ether oxygens (including phenoxy) is 1. The summed E-state index contributed by atoms with van der Waals surface area (Å²) in [5, 5.41) is 14.3. The fourth-order valence-corrected chi connectivity index (χ4v) is 3.25. The first-order chi connectivity index (χ1) is 9.77. The summed E-state index contributed by atoms with van der Waals surface area (Å²) in [5.74, 6) is 0. The third-order valence-electron chi connectivity index (χ3n) is 4.47. The maximum Gasteiger partial charge on any atom is 0.0714 e. The molecule has 120 valence electrons. The van der Waals surface area contributed by atoms with Crippen LogP contribution in [0.1, 0.15) is 44.1 Å². The maximum atomic E-state index is 9.58. The Bertz CT molecular complexity index is 490. The summed E-state index contributed by atoms with van der Waals surface area (Å²) < 4.78 is 7.56. The lowest BCUT2D eigenvalue weighted by Gasteiger charge is -2.24. The van der Waals surface area contributed by atoms with Crippen LogP contribution in [0.4, 0.5) is 0 Å². The molecule has 2 rings (SSSR count). The van der Waals surface area contributed by atoms with Gasteiger partial charge in [0.2, 0.25) is 0 Å². The van der Waals surface area contributed by atoms with Crippen LogP contribution in [0.15, 0.2) is 0 Å². The van der Waals surface area contributed by atoms with Crippen LogP contribution < -0.4 is 0 Å². The monoisotopic (exact) mass is 295 g/mol. The second kappa shape index (κ2) is 6.07. The zero-order valence-corrected chi connectivity index (χ0v) is 14.2. The molecule has 0 bridgehead atoms. The van der Waals surface area contributed by atoms with Crippen molar-refractivity contribution in [3.8, 4) is 0 Å². The zero-order valence-electron chi connectivity index (χ0n) is 14.2. The highest BCUT2D eigenvalue weighted by Gasteiger charge is 2.33. The SMILES string of the molecule is CO[C@@H]1C[C@@H](CO)N(Cc2c(C)nn(C(C)(C)C)c2C)C1. The molecule has 1 fully saturated rings. The Labute approximate surface area is 127 Å². The first kappa shape index (κ1) is 16.5. The van der Waals surface area contributed by atoms with Crippen LogP contribution in [0.5, 0.6) is 0 Å². The summed E-state index contributed by atoms with van der Waals surface area (Å²) in [6.45, 7) is 12.6. The average molecular weight is 295 g/mol. The Morgan fingerprint density at radius 3 is 2.48 bits per heavy atom. The first-order valence-electron chi connectivity index (χ1n) is 7.71. The Morgan fingerprint density at radius 1 is 1.33 bits per heavy atom. The highest BCUT2D eigenvalue weighted by Crippen LogP contribution is 2.26. The quantitative estimate of drug-likeness (QED) is 0.921. The van der Waals surface area contributed by atoms with E-state index in [1.165, 1.54) is 11.3 Å². The van der Waals surface area contributed by atoms with Crippen molar-refractivity contribution in [1.29, 1.82) is 0 Å². The van der Waals surface area contributed by atoms with Crippen molar-refractivity contribution >= 4 is 0 Å². The molecule has 1 aromatic heterocycles. The molecule has 5 nitrogen and oxygen atoms in total. The molecule has 5 heteroatoms. The number of rotatable bonds is 4. The van der Waals surface area contributed by atoms with Gasteiger partial charge in [0.25, 0.3) is 0 Å². The smallest absolute Gasteiger partial charge is 0.0714 e. The Kier molecular flexibility index (Phi) is 4.76. The van der Waals surface area contributed by atoms with Crippen LogP contribution in [-0.2, 0) is 16.8 Å². The predicted molar refractivity (Wildman–Crippen MR) is 83.4 cm³/mol. The van der Waals surface area contributed by atoms with Gasteiger partial charge in [0.1, 0.15) is 0 Å². The van der Waals surface area contributed by atoms with Gasteiger partial charge in [0, 0.05) is 37.5 Å². The van der Waals surface area contributed by atoms with Crippen molar-refractivity contribution in [2.45, 2.75) is 65.3 Å². The van der Waals surface area contributed by atoms with E-state index in [-0.39, 0.29) is 24.3 Å². The molecule has 1 aromatic rings. The Morgan fingerprint density at radius 2 is 2.00 bits per heavy atom. The molecule has 0 amide bonds. The Balaban J connectivity index is 2.22. The number of hydrogen-bond acceptors (Lipinski definition) is 4. The minimum absolute atomic E-state index is 0.0104. The van der Waals surface area contributed by atoms with E-state index in [9.17, 15) is 5.11 Å². The van der Waals surface area contributed by atoms with E-state index in [2.05, 4.69) is 44.2 Å². The molecule has 0 aliphatic carbocycles. The summed E-state index contributed by atoms with van der Waals surface area (Å²) in [4.78, 5) is 2.32. The molecule has 1 N–H and O–H groups in total. The number of hydrogen-bond donors (Lipinski definition) is 1. The molecule has 21 heavy (non-hydrogen) atoms. The number of methoxy groups -OCH3 is 1. The van der Waals surface area contributed by atoms with Crippen molar-refractivity contribution in [2.24, 2.45) is 0 Å². The van der Waals surface area contributed by atoms with Crippen molar-refractivity contribution in [3.05, 3.63) is 17.0 Å². The molecule has 2 heterocycles. The molecule has 0 aromatic carbocycles. The number of likely N-dealkylation sites (tertiary alicyclic amines) is 1. The van der Waals surface area contributed by atoms with E-state index in [1.807, 2.05) is 0 Å². The topological polar surface area (TPSA) is 50.5 Å². The Hall–Kier alpha value is -0.910. The van der Waals surface area contributed by atoms with Crippen molar-refractivity contribution in [1.82, 2.24) is 14.7 Å². The largest absolute Gasteiger partial charge is 0.395 e. The molecule has 0 radical (unpaired) electrons. The number of aryl methyl sites for hydroxylation is 1. The lowest BCUT2D eigenvalue weighted by atomic mass is 10.1. The average Bonchev–Trinajstić information content (AvgIpc) is 2.93. The molecule has 0 saturated carbocycles. The zero-order chi connectivity index (χ0) is 15.8. The van der Waals surface area contributed by atoms with Gasteiger partial charge in [-0.05, 0) is 41.0 Å². The highest BCUT2D eigenvalue weighted by molar-refractivity contribution is 5.25. The molecule has 2 atom stereocenters. The molecule has 1 aliphatic heterocycles. The van der Waals surface area contributed by atoms with E-state index in [0.29, 0.717) is 0 Å². The molecule has 0 unspecified atom stereocenters. The van der Waals surface area contributed by atoms with Gasteiger partial charge in [0.05, 0.1) is 23.9 Å². The van der Waals surface area contributed by atoms with E-state index in [0.717, 1.165) is 25.2 Å². The van der Waals surface area contributed by atoms with E-state index < -0.39 is 0 Å². The van der Waals surface area contributed by atoms with Gasteiger partial charge in [-0.25, -0.2) is 0 Å². The summed E-state index contributed by atoms with van der Waals surface area (Å²) in [6, 6.07) is 0.187. The lowest BCUT2D eigenvalue weighted by molar-refractivity contribution is 0.107. The molecular formula is C16H29N3O2. The van der Waals surface area contributed by atoms with Crippen LogP contribution in [-0.4, -0.2) is 52.2 Å². The van der Waals surface area contributed by atoms with Crippen molar-refractivity contribution in [3.63, 3.8) is 0 Å². The third-order valence-corrected chi connectivity index (χ3v) is 4.47. The summed E-state index contributed by atoms with van der Waals surface area (Å²) in [6.07, 6.45) is 1.12. The normalized spacial score (nSPS) is 24.0. The van der Waals surface area contributed by atoms with Crippen LogP contribution in [0.2, 0.25) is 0 Å². The lowest BCUT2D eigenvalue weighted by Crippen LogP contribution is -2.32. The molecular weight excluding hydrogens is 266 g/mol. The van der Waals surface area contributed by atoms with Gasteiger partial charge >= 0.3 is 0 Å². The van der Waals surface area contributed by atoms with Gasteiger partial charge < -0.3 is 9.84 Å². The summed E-state index contributed by atoms with van der Waals surface area (Å²) in [5.41, 5.74) is 3.57. The van der Waals surface area contributed by atoms with E-state index in [1.54, 1.807) is 7.11 Å². The highest BCUT2D eigenvalue weighted by atomic mass is 16.5. The summed E-state index contributed by atoms with van der Waals surface area (Å²) >= 11 is 0. The standard InChI is InChI=1S/C16H29N3O2/c1-11-15(12(2)19(17-11)16(3,4)5)9-18-8-14(21-6)7-13(18)10-20/h13-14,20H,7-10H2,1-6H3/t13-,14+/m0/s1. The second-order valence-corrected chi connectivity index (χ2v) is 7.09. The molecule has 0 spiro atoms. The van der Waals surface area contributed by atoms with Gasteiger partial charge in [-0.15, -0.1) is 0 Å². The minimum Gasteiger partial charge on any atom is -0.395 e. The van der Waals surface area contributed by atoms with Crippen molar-refractivity contribution in [2.75, 3.05) is 20.3 Å². The molecule has 1 aliphatic rings. The minimum atomic E-state index is -0.0104. The van der Waals surface area contributed by atoms with Gasteiger partial charge in [0.15, 0.2) is 0 Å². The number of aromatic nitrogens is 2.